The van der Waals surface area contributed by atoms with Crippen LogP contribution in [0.4, 0.5) is 14.5 Å². The second kappa shape index (κ2) is 13.4. The molecule has 41 heavy (non-hydrogen) atoms. The number of sulfonamides is 1. The van der Waals surface area contributed by atoms with Crippen molar-refractivity contribution in [3.63, 3.8) is 0 Å². The van der Waals surface area contributed by atoms with Crippen molar-refractivity contribution in [1.82, 2.24) is 10.2 Å². The Kier molecular flexibility index (Phi) is 9.99. The molecule has 4 rings (SSSR count). The summed E-state index contributed by atoms with van der Waals surface area (Å²) in [6, 6.07) is 17.6. The number of anilines is 1. The average molecular weight is 604 g/mol. The minimum atomic E-state index is -4.10. The van der Waals surface area contributed by atoms with Crippen molar-refractivity contribution in [3.05, 3.63) is 101 Å². The van der Waals surface area contributed by atoms with Crippen molar-refractivity contribution in [2.45, 2.75) is 50.7 Å². The Morgan fingerprint density at radius 1 is 0.951 bits per heavy atom. The number of carbonyl (C=O) groups excluding carboxylic acids is 2. The Morgan fingerprint density at radius 3 is 2.22 bits per heavy atom. The number of nitrogens with one attached hydrogen (secondary N) is 1. The molecule has 1 N–H and O–H groups in total. The van der Waals surface area contributed by atoms with Gasteiger partial charge in [0.1, 0.15) is 12.6 Å². The van der Waals surface area contributed by atoms with Gasteiger partial charge in [0.15, 0.2) is 11.6 Å². The summed E-state index contributed by atoms with van der Waals surface area (Å²) in [6.45, 7) is -0.736. The molecule has 11 heteroatoms. The summed E-state index contributed by atoms with van der Waals surface area (Å²) in [6.07, 6.45) is 4.74. The number of hydrogen-bond acceptors (Lipinski definition) is 4. The van der Waals surface area contributed by atoms with Gasteiger partial charge in [-0.1, -0.05) is 66.9 Å². The number of nitrogens with zero attached hydrogens (tertiary/aromatic N) is 2. The first-order valence-corrected chi connectivity index (χ1v) is 15.5. The van der Waals surface area contributed by atoms with E-state index in [9.17, 15) is 26.8 Å². The molecule has 0 saturated heterocycles. The van der Waals surface area contributed by atoms with Gasteiger partial charge in [-0.05, 0) is 48.2 Å². The fraction of sp³-hybridized carbons (Fsp3) is 0.333. The Hall–Kier alpha value is -3.50. The SMILES string of the molecule is CS(=O)(=O)N(CC(=O)N(Cc1ccc(Cl)cc1)C(Cc1ccccc1)C(=O)NC1CCCC1)c1ccc(F)c(F)c1. The molecule has 0 radical (unpaired) electrons. The predicted molar refractivity (Wildman–Crippen MR) is 155 cm³/mol. The maximum Gasteiger partial charge on any atom is 0.244 e. The molecule has 1 aliphatic carbocycles. The van der Waals surface area contributed by atoms with Gasteiger partial charge in [0.25, 0.3) is 0 Å². The summed E-state index contributed by atoms with van der Waals surface area (Å²) in [5.41, 5.74) is 1.28. The Bertz CT molecular complexity index is 1470. The summed E-state index contributed by atoms with van der Waals surface area (Å²) < 4.78 is 53.9. The summed E-state index contributed by atoms with van der Waals surface area (Å²) in [5.74, 6) is -3.43. The van der Waals surface area contributed by atoms with Gasteiger partial charge >= 0.3 is 0 Å². The molecule has 0 aliphatic heterocycles. The van der Waals surface area contributed by atoms with Gasteiger partial charge < -0.3 is 10.2 Å². The van der Waals surface area contributed by atoms with Crippen LogP contribution in [-0.4, -0.2) is 50.0 Å². The molecular weight excluding hydrogens is 572 g/mol. The number of hydrogen-bond donors (Lipinski definition) is 1. The van der Waals surface area contributed by atoms with Crippen molar-refractivity contribution in [3.8, 4) is 0 Å². The third-order valence-electron chi connectivity index (χ3n) is 7.11. The monoisotopic (exact) mass is 603 g/mol. The first-order chi connectivity index (χ1) is 19.5. The van der Waals surface area contributed by atoms with Gasteiger partial charge in [-0.15, -0.1) is 0 Å². The lowest BCUT2D eigenvalue weighted by molar-refractivity contribution is -0.140. The highest BCUT2D eigenvalue weighted by molar-refractivity contribution is 7.92. The molecule has 3 aromatic rings. The van der Waals surface area contributed by atoms with Crippen LogP contribution in [0.15, 0.2) is 72.8 Å². The van der Waals surface area contributed by atoms with Gasteiger partial charge in [-0.3, -0.25) is 13.9 Å². The molecule has 218 valence electrons. The topological polar surface area (TPSA) is 86.8 Å². The normalized spacial score (nSPS) is 14.4. The quantitative estimate of drug-likeness (QED) is 0.331. The fourth-order valence-electron chi connectivity index (χ4n) is 4.96. The first-order valence-electron chi connectivity index (χ1n) is 13.3. The van der Waals surface area contributed by atoms with Gasteiger partial charge in [0.05, 0.1) is 11.9 Å². The van der Waals surface area contributed by atoms with Gasteiger partial charge in [-0.25, -0.2) is 17.2 Å². The minimum Gasteiger partial charge on any atom is -0.352 e. The lowest BCUT2D eigenvalue weighted by atomic mass is 10.0. The van der Waals surface area contributed by atoms with E-state index in [-0.39, 0.29) is 30.6 Å². The highest BCUT2D eigenvalue weighted by atomic mass is 35.5. The number of halogens is 3. The van der Waals surface area contributed by atoms with Crippen LogP contribution in [0, 0.1) is 11.6 Å². The van der Waals surface area contributed by atoms with Crippen molar-refractivity contribution in [2.24, 2.45) is 0 Å². The second-order valence-electron chi connectivity index (χ2n) is 10.2. The van der Waals surface area contributed by atoms with Crippen LogP contribution in [0.2, 0.25) is 5.02 Å². The smallest absolute Gasteiger partial charge is 0.244 e. The van der Waals surface area contributed by atoms with E-state index >= 15 is 0 Å². The minimum absolute atomic E-state index is 0.0111. The van der Waals surface area contributed by atoms with E-state index in [2.05, 4.69) is 5.32 Å². The molecule has 2 amide bonds. The van der Waals surface area contributed by atoms with Gasteiger partial charge in [-0.2, -0.15) is 0 Å². The van der Waals surface area contributed by atoms with Crippen LogP contribution in [0.25, 0.3) is 0 Å². The largest absolute Gasteiger partial charge is 0.352 e. The number of benzene rings is 3. The van der Waals surface area contributed by atoms with Crippen LogP contribution >= 0.6 is 11.6 Å². The van der Waals surface area contributed by atoms with E-state index < -0.39 is 40.2 Å². The molecule has 1 unspecified atom stereocenters. The number of rotatable bonds is 11. The van der Waals surface area contributed by atoms with Crippen LogP contribution in [-0.2, 0) is 32.6 Å². The van der Waals surface area contributed by atoms with Crippen LogP contribution < -0.4 is 9.62 Å². The zero-order chi connectivity index (χ0) is 29.6. The summed E-state index contributed by atoms with van der Waals surface area (Å²) >= 11 is 6.06. The molecule has 1 aliphatic rings. The molecule has 0 heterocycles. The Balaban J connectivity index is 1.72. The molecule has 0 bridgehead atoms. The Morgan fingerprint density at radius 2 is 1.61 bits per heavy atom. The van der Waals surface area contributed by atoms with E-state index in [0.717, 1.165) is 55.7 Å². The van der Waals surface area contributed by atoms with Crippen molar-refractivity contribution < 1.29 is 26.8 Å². The van der Waals surface area contributed by atoms with Crippen molar-refractivity contribution in [1.29, 1.82) is 0 Å². The fourth-order valence-corrected chi connectivity index (χ4v) is 5.93. The zero-order valence-electron chi connectivity index (χ0n) is 22.6. The molecule has 1 atom stereocenters. The second-order valence-corrected chi connectivity index (χ2v) is 12.6. The van der Waals surface area contributed by atoms with Crippen LogP contribution in [0.1, 0.15) is 36.8 Å². The van der Waals surface area contributed by atoms with Crippen molar-refractivity contribution >= 4 is 39.1 Å². The first kappa shape index (κ1) is 30.5. The average Bonchev–Trinajstić information content (AvgIpc) is 3.45. The van der Waals surface area contributed by atoms with Crippen LogP contribution in [0.5, 0.6) is 0 Å². The van der Waals surface area contributed by atoms with Gasteiger partial charge in [0.2, 0.25) is 21.8 Å². The van der Waals surface area contributed by atoms with Crippen molar-refractivity contribution in [2.75, 3.05) is 17.1 Å². The molecule has 1 saturated carbocycles. The maximum atomic E-state index is 14.1. The zero-order valence-corrected chi connectivity index (χ0v) is 24.2. The third kappa shape index (κ3) is 8.27. The van der Waals surface area contributed by atoms with Gasteiger partial charge in [0, 0.05) is 30.1 Å². The van der Waals surface area contributed by atoms with Crippen LogP contribution in [0.3, 0.4) is 0 Å². The summed E-state index contributed by atoms with van der Waals surface area (Å²) in [7, 11) is -4.10. The van der Waals surface area contributed by atoms with E-state index in [1.165, 1.54) is 4.90 Å². The lowest BCUT2D eigenvalue weighted by Crippen LogP contribution is -2.54. The Labute approximate surface area is 244 Å². The molecule has 7 nitrogen and oxygen atoms in total. The standard InChI is InChI=1S/C30H32ClF2N3O4S/c1-41(39,40)36(25-15-16-26(32)27(33)18-25)20-29(37)35(19-22-11-13-23(31)14-12-22)28(17-21-7-3-2-4-8-21)30(38)34-24-9-5-6-10-24/h2-4,7-8,11-16,18,24,28H,5-6,9-10,17,19-20H2,1H3,(H,34,38). The lowest BCUT2D eigenvalue weighted by Gasteiger charge is -2.34. The maximum absolute atomic E-state index is 14.1. The number of amides is 2. The van der Waals surface area contributed by atoms with E-state index in [4.69, 9.17) is 11.6 Å². The predicted octanol–water partition coefficient (Wildman–Crippen LogP) is 5.08. The van der Waals surface area contributed by atoms with E-state index in [1.54, 1.807) is 24.3 Å². The molecule has 0 aromatic heterocycles. The van der Waals surface area contributed by atoms with E-state index in [0.29, 0.717) is 14.9 Å². The molecular formula is C30H32ClF2N3O4S. The third-order valence-corrected chi connectivity index (χ3v) is 8.50. The van der Waals surface area contributed by atoms with E-state index in [1.807, 2.05) is 30.3 Å². The molecule has 0 spiro atoms. The molecule has 1 fully saturated rings. The summed E-state index contributed by atoms with van der Waals surface area (Å²) in [5, 5.41) is 3.57. The molecule has 3 aromatic carbocycles. The highest BCUT2D eigenvalue weighted by Gasteiger charge is 2.34. The highest BCUT2D eigenvalue weighted by Crippen LogP contribution is 2.24. The summed E-state index contributed by atoms with van der Waals surface area (Å²) in [4.78, 5) is 29.1. The number of carbonyl (C=O) groups is 2.